The summed E-state index contributed by atoms with van der Waals surface area (Å²) in [5.41, 5.74) is 1.31. The maximum Gasteiger partial charge on any atom is 0.105 e. The first-order valence-corrected chi connectivity index (χ1v) is 6.69. The van der Waals surface area contributed by atoms with E-state index in [0.29, 0.717) is 6.04 Å². The first-order chi connectivity index (χ1) is 8.63. The third kappa shape index (κ3) is 2.74. The monoisotopic (exact) mass is 251 g/mol. The van der Waals surface area contributed by atoms with Crippen LogP contribution in [0.5, 0.6) is 0 Å². The third-order valence-corrected chi connectivity index (χ3v) is 3.97. The molecule has 0 aliphatic carbocycles. The minimum atomic E-state index is 0.426. The summed E-state index contributed by atoms with van der Waals surface area (Å²) in [7, 11) is 6.32. The number of imidazole rings is 1. The van der Waals surface area contributed by atoms with Gasteiger partial charge in [-0.1, -0.05) is 0 Å². The minimum Gasteiger partial charge on any atom is -0.334 e. The van der Waals surface area contributed by atoms with Crippen molar-refractivity contribution >= 4 is 0 Å². The Morgan fingerprint density at radius 3 is 2.44 bits per heavy atom. The molecule has 1 aliphatic heterocycles. The zero-order valence-corrected chi connectivity index (χ0v) is 12.0. The van der Waals surface area contributed by atoms with Gasteiger partial charge < -0.3 is 14.8 Å². The molecule has 1 aromatic rings. The van der Waals surface area contributed by atoms with E-state index >= 15 is 0 Å². The highest BCUT2D eigenvalue weighted by atomic mass is 15.3. The number of aryl methyl sites for hydroxylation is 1. The molecule has 102 valence electrons. The molecule has 1 saturated heterocycles. The first kappa shape index (κ1) is 13.5. The summed E-state index contributed by atoms with van der Waals surface area (Å²) >= 11 is 0. The Balaban J connectivity index is 2.15. The van der Waals surface area contributed by atoms with Gasteiger partial charge in [-0.2, -0.15) is 0 Å². The topological polar surface area (TPSA) is 36.3 Å². The summed E-state index contributed by atoms with van der Waals surface area (Å²) in [6, 6.07) is 0.426. The molecule has 18 heavy (non-hydrogen) atoms. The number of likely N-dealkylation sites (N-methyl/N-ethyl adjacent to an activating group) is 2. The first-order valence-electron chi connectivity index (χ1n) is 6.69. The van der Waals surface area contributed by atoms with Crippen molar-refractivity contribution in [3.8, 4) is 0 Å². The molecule has 1 aliphatic rings. The van der Waals surface area contributed by atoms with Gasteiger partial charge in [-0.3, -0.25) is 4.90 Å². The van der Waals surface area contributed by atoms with E-state index in [-0.39, 0.29) is 0 Å². The van der Waals surface area contributed by atoms with E-state index in [1.54, 1.807) is 0 Å². The van der Waals surface area contributed by atoms with E-state index in [2.05, 4.69) is 45.7 Å². The van der Waals surface area contributed by atoms with E-state index in [1.807, 2.05) is 13.2 Å². The number of aromatic nitrogens is 2. The fraction of sp³-hybridized carbons (Fsp3) is 0.769. The Morgan fingerprint density at radius 2 is 1.94 bits per heavy atom. The average Bonchev–Trinajstić information content (AvgIpc) is 2.69. The van der Waals surface area contributed by atoms with Crippen molar-refractivity contribution in [1.82, 2.24) is 24.7 Å². The summed E-state index contributed by atoms with van der Waals surface area (Å²) < 4.78 is 2.21. The second-order valence-electron chi connectivity index (χ2n) is 5.20. The van der Waals surface area contributed by atoms with Gasteiger partial charge in [-0.15, -0.1) is 0 Å². The van der Waals surface area contributed by atoms with E-state index in [4.69, 9.17) is 0 Å². The summed E-state index contributed by atoms with van der Waals surface area (Å²) in [5.74, 6) is 1.08. The summed E-state index contributed by atoms with van der Waals surface area (Å²) in [6.07, 6.45) is 2.02. The Labute approximate surface area is 110 Å². The van der Waals surface area contributed by atoms with Gasteiger partial charge in [0.05, 0.1) is 17.9 Å². The molecule has 5 nitrogen and oxygen atoms in total. The van der Waals surface area contributed by atoms with Gasteiger partial charge in [0, 0.05) is 39.8 Å². The van der Waals surface area contributed by atoms with Crippen LogP contribution in [0.15, 0.2) is 6.20 Å². The molecule has 1 fully saturated rings. The summed E-state index contributed by atoms with van der Waals surface area (Å²) in [5, 5.41) is 3.31. The fourth-order valence-corrected chi connectivity index (χ4v) is 2.58. The van der Waals surface area contributed by atoms with Gasteiger partial charge >= 0.3 is 0 Å². The van der Waals surface area contributed by atoms with Gasteiger partial charge in [-0.25, -0.2) is 4.98 Å². The van der Waals surface area contributed by atoms with Gasteiger partial charge in [0.25, 0.3) is 0 Å². The lowest BCUT2D eigenvalue weighted by Crippen LogP contribution is -2.48. The molecule has 2 rings (SSSR count). The lowest BCUT2D eigenvalue weighted by Gasteiger charge is -2.38. The second kappa shape index (κ2) is 5.82. The molecule has 1 unspecified atom stereocenters. The lowest BCUT2D eigenvalue weighted by atomic mass is 10.1. The van der Waals surface area contributed by atoms with E-state index in [9.17, 15) is 0 Å². The molecule has 0 radical (unpaired) electrons. The maximum atomic E-state index is 4.43. The van der Waals surface area contributed by atoms with Crippen molar-refractivity contribution in [2.75, 3.05) is 46.8 Å². The molecule has 0 spiro atoms. The van der Waals surface area contributed by atoms with Crippen LogP contribution in [0, 0.1) is 6.92 Å². The predicted molar refractivity (Wildman–Crippen MR) is 73.7 cm³/mol. The van der Waals surface area contributed by atoms with Crippen LogP contribution in [0.3, 0.4) is 0 Å². The number of piperazine rings is 1. The van der Waals surface area contributed by atoms with Crippen molar-refractivity contribution in [2.24, 2.45) is 7.05 Å². The predicted octanol–water partition coefficient (Wildman–Crippen LogP) is 0.236. The highest BCUT2D eigenvalue weighted by molar-refractivity contribution is 5.10. The number of hydrogen-bond acceptors (Lipinski definition) is 4. The van der Waals surface area contributed by atoms with E-state index in [1.165, 1.54) is 5.69 Å². The number of nitrogens with zero attached hydrogens (tertiary/aromatic N) is 4. The minimum absolute atomic E-state index is 0.426. The van der Waals surface area contributed by atoms with Crippen LogP contribution in [-0.2, 0) is 7.05 Å². The van der Waals surface area contributed by atoms with E-state index in [0.717, 1.165) is 38.5 Å². The van der Waals surface area contributed by atoms with Crippen molar-refractivity contribution in [2.45, 2.75) is 13.0 Å². The van der Waals surface area contributed by atoms with Crippen LogP contribution in [0.2, 0.25) is 0 Å². The molecule has 2 heterocycles. The fourth-order valence-electron chi connectivity index (χ4n) is 2.58. The largest absolute Gasteiger partial charge is 0.334 e. The zero-order chi connectivity index (χ0) is 13.1. The quantitative estimate of drug-likeness (QED) is 0.831. The van der Waals surface area contributed by atoms with Crippen molar-refractivity contribution in [1.29, 1.82) is 0 Å². The number of rotatable bonds is 4. The van der Waals surface area contributed by atoms with Gasteiger partial charge in [0.15, 0.2) is 0 Å². The van der Waals surface area contributed by atoms with Crippen LogP contribution >= 0.6 is 0 Å². The number of nitrogens with one attached hydrogen (secondary N) is 1. The molecule has 1 N–H and O–H groups in total. The molecular weight excluding hydrogens is 226 g/mol. The maximum absolute atomic E-state index is 4.43. The van der Waals surface area contributed by atoms with Gasteiger partial charge in [0.2, 0.25) is 0 Å². The second-order valence-corrected chi connectivity index (χ2v) is 5.20. The molecule has 1 atom stereocenters. The molecule has 1 aromatic heterocycles. The third-order valence-electron chi connectivity index (χ3n) is 3.97. The normalized spacial score (nSPS) is 20.2. The molecule has 0 amide bonds. The smallest absolute Gasteiger partial charge is 0.105 e. The highest BCUT2D eigenvalue weighted by Gasteiger charge is 2.25. The molecular formula is C13H25N5. The zero-order valence-electron chi connectivity index (χ0n) is 12.0. The van der Waals surface area contributed by atoms with Crippen LogP contribution in [0.1, 0.15) is 17.6 Å². The van der Waals surface area contributed by atoms with Gasteiger partial charge in [0.1, 0.15) is 5.82 Å². The number of hydrogen-bond donors (Lipinski definition) is 1. The SMILES string of the molecule is CNCC(c1cnc(C)n1C)N1CCN(C)CC1. The van der Waals surface area contributed by atoms with Crippen LogP contribution in [0.4, 0.5) is 0 Å². The lowest BCUT2D eigenvalue weighted by molar-refractivity contribution is 0.108. The van der Waals surface area contributed by atoms with Crippen molar-refractivity contribution in [3.05, 3.63) is 17.7 Å². The Kier molecular flexibility index (Phi) is 4.37. The molecule has 0 aromatic carbocycles. The van der Waals surface area contributed by atoms with E-state index < -0.39 is 0 Å². The highest BCUT2D eigenvalue weighted by Crippen LogP contribution is 2.21. The Bertz CT molecular complexity index is 379. The Morgan fingerprint density at radius 1 is 1.28 bits per heavy atom. The van der Waals surface area contributed by atoms with Crippen LogP contribution in [0.25, 0.3) is 0 Å². The standard InChI is InChI=1S/C13H25N5/c1-11-15-10-12(17(11)4)13(9-14-2)18-7-5-16(3)6-8-18/h10,13-14H,5-9H2,1-4H3. The molecule has 0 bridgehead atoms. The average molecular weight is 251 g/mol. The van der Waals surface area contributed by atoms with Crippen LogP contribution < -0.4 is 5.32 Å². The molecule has 0 saturated carbocycles. The summed E-state index contributed by atoms with van der Waals surface area (Å²) in [6.45, 7) is 7.60. The molecule has 5 heteroatoms. The van der Waals surface area contributed by atoms with Crippen LogP contribution in [-0.4, -0.2) is 66.2 Å². The van der Waals surface area contributed by atoms with Crippen molar-refractivity contribution < 1.29 is 0 Å². The van der Waals surface area contributed by atoms with Gasteiger partial charge in [-0.05, 0) is 21.0 Å². The van der Waals surface area contributed by atoms with Crippen molar-refractivity contribution in [3.63, 3.8) is 0 Å². The Hall–Kier alpha value is -0.910. The summed E-state index contributed by atoms with van der Waals surface area (Å²) in [4.78, 5) is 9.38.